The van der Waals surface area contributed by atoms with Gasteiger partial charge in [0.1, 0.15) is 10.8 Å². The highest BCUT2D eigenvalue weighted by molar-refractivity contribution is 7.98. The monoisotopic (exact) mass is 496 g/mol. The van der Waals surface area contributed by atoms with Gasteiger partial charge >= 0.3 is 0 Å². The highest BCUT2D eigenvalue weighted by Crippen LogP contribution is 2.32. The lowest BCUT2D eigenvalue weighted by Crippen LogP contribution is -2.01. The predicted octanol–water partition coefficient (Wildman–Crippen LogP) is 7.38. The molecule has 2 heterocycles. The second-order valence-electron chi connectivity index (χ2n) is 7.34. The Morgan fingerprint density at radius 2 is 1.97 bits per heavy atom. The van der Waals surface area contributed by atoms with Gasteiger partial charge in [0.05, 0.1) is 17.3 Å². The number of halogens is 1. The number of thiazole rings is 1. The van der Waals surface area contributed by atoms with Gasteiger partial charge < -0.3 is 4.74 Å². The van der Waals surface area contributed by atoms with Crippen molar-refractivity contribution >= 4 is 34.7 Å². The summed E-state index contributed by atoms with van der Waals surface area (Å²) in [6, 6.07) is 15.8. The fraction of sp³-hybridized carbons (Fsp3) is 0.240. The zero-order chi connectivity index (χ0) is 23.0. The third-order valence-corrected chi connectivity index (χ3v) is 7.17. The molecule has 0 aliphatic heterocycles. The summed E-state index contributed by atoms with van der Waals surface area (Å²) in [5.41, 5.74) is 2.94. The van der Waals surface area contributed by atoms with E-state index in [1.54, 1.807) is 23.1 Å². The van der Waals surface area contributed by atoms with Crippen molar-refractivity contribution in [2.75, 3.05) is 6.61 Å². The summed E-state index contributed by atoms with van der Waals surface area (Å²) >= 11 is 9.53. The zero-order valence-electron chi connectivity index (χ0n) is 18.4. The number of aromatic nitrogens is 4. The van der Waals surface area contributed by atoms with Crippen LogP contribution in [0.15, 0.2) is 71.7 Å². The Labute approximate surface area is 207 Å². The minimum Gasteiger partial charge on any atom is -0.494 e. The Bertz CT molecular complexity index is 1200. The molecule has 4 rings (SSSR count). The van der Waals surface area contributed by atoms with Gasteiger partial charge in [-0.15, -0.1) is 28.1 Å². The van der Waals surface area contributed by atoms with Crippen molar-refractivity contribution in [3.63, 3.8) is 0 Å². The van der Waals surface area contributed by atoms with Gasteiger partial charge in [0, 0.05) is 28.8 Å². The van der Waals surface area contributed by atoms with Crippen molar-refractivity contribution in [1.82, 2.24) is 19.7 Å². The van der Waals surface area contributed by atoms with E-state index in [1.807, 2.05) is 54.6 Å². The molecule has 0 saturated heterocycles. The Kier molecular flexibility index (Phi) is 8.20. The highest BCUT2D eigenvalue weighted by Gasteiger charge is 2.15. The van der Waals surface area contributed by atoms with Crippen molar-refractivity contribution in [2.45, 2.75) is 37.2 Å². The van der Waals surface area contributed by atoms with Crippen LogP contribution in [0.25, 0.3) is 22.0 Å². The number of allylic oxidation sites excluding steroid dienone is 1. The summed E-state index contributed by atoms with van der Waals surface area (Å²) in [5, 5.41) is 13.4. The lowest BCUT2D eigenvalue weighted by Gasteiger charge is -2.09. The van der Waals surface area contributed by atoms with Crippen LogP contribution in [-0.4, -0.2) is 26.4 Å². The Hall–Kier alpha value is -2.61. The van der Waals surface area contributed by atoms with Crippen molar-refractivity contribution < 1.29 is 4.74 Å². The molecule has 0 fully saturated rings. The van der Waals surface area contributed by atoms with Gasteiger partial charge in [-0.3, -0.25) is 4.57 Å². The molecular weight excluding hydrogens is 472 g/mol. The molecule has 8 heteroatoms. The van der Waals surface area contributed by atoms with Crippen LogP contribution in [0.2, 0.25) is 5.02 Å². The summed E-state index contributed by atoms with van der Waals surface area (Å²) in [5.74, 6) is 2.38. The van der Waals surface area contributed by atoms with Crippen molar-refractivity contribution in [3.05, 3.63) is 77.3 Å². The minimum absolute atomic E-state index is 0.626. The average Bonchev–Trinajstić information content (AvgIpc) is 3.46. The molecule has 0 aliphatic rings. The third-order valence-electron chi connectivity index (χ3n) is 4.91. The molecule has 0 radical (unpaired) electrons. The van der Waals surface area contributed by atoms with Crippen LogP contribution >= 0.6 is 34.7 Å². The van der Waals surface area contributed by atoms with Crippen LogP contribution < -0.4 is 4.74 Å². The van der Waals surface area contributed by atoms with Gasteiger partial charge in [-0.05, 0) is 36.8 Å². The van der Waals surface area contributed by atoms with Gasteiger partial charge in [0.15, 0.2) is 11.0 Å². The minimum atomic E-state index is 0.626. The summed E-state index contributed by atoms with van der Waals surface area (Å²) in [7, 11) is 0. The summed E-state index contributed by atoms with van der Waals surface area (Å²) in [6.07, 6.45) is 4.03. The molecule has 2 aromatic carbocycles. The molecule has 33 heavy (non-hydrogen) atoms. The van der Waals surface area contributed by atoms with Crippen molar-refractivity contribution in [3.8, 4) is 27.7 Å². The third kappa shape index (κ3) is 5.85. The van der Waals surface area contributed by atoms with Gasteiger partial charge in [-0.2, -0.15) is 0 Å². The molecular formula is C25H25ClN4OS2. The van der Waals surface area contributed by atoms with E-state index in [4.69, 9.17) is 21.3 Å². The first kappa shape index (κ1) is 23.5. The average molecular weight is 497 g/mol. The maximum atomic E-state index is 6.32. The molecule has 0 bridgehead atoms. The quantitative estimate of drug-likeness (QED) is 0.123. The predicted molar refractivity (Wildman–Crippen MR) is 138 cm³/mol. The van der Waals surface area contributed by atoms with Crippen LogP contribution in [0.1, 0.15) is 25.5 Å². The molecule has 0 aliphatic carbocycles. The fourth-order valence-corrected chi connectivity index (χ4v) is 5.29. The number of unbranched alkanes of at least 4 members (excludes halogenated alkanes) is 1. The Morgan fingerprint density at radius 3 is 2.73 bits per heavy atom. The van der Waals surface area contributed by atoms with Gasteiger partial charge in [0.25, 0.3) is 0 Å². The molecule has 170 valence electrons. The van der Waals surface area contributed by atoms with E-state index in [2.05, 4.69) is 33.6 Å². The molecule has 0 spiro atoms. The Balaban J connectivity index is 1.47. The topological polar surface area (TPSA) is 52.8 Å². The molecule has 4 aromatic rings. The first-order chi connectivity index (χ1) is 16.2. The molecule has 0 amide bonds. The Morgan fingerprint density at radius 1 is 1.15 bits per heavy atom. The van der Waals surface area contributed by atoms with E-state index >= 15 is 0 Å². The fourth-order valence-electron chi connectivity index (χ4n) is 3.21. The second-order valence-corrected chi connectivity index (χ2v) is 9.55. The summed E-state index contributed by atoms with van der Waals surface area (Å²) < 4.78 is 7.85. The lowest BCUT2D eigenvalue weighted by atomic mass is 10.2. The van der Waals surface area contributed by atoms with Crippen LogP contribution in [0.3, 0.4) is 0 Å². The maximum absolute atomic E-state index is 6.32. The molecule has 0 saturated carbocycles. The second kappa shape index (κ2) is 11.5. The van der Waals surface area contributed by atoms with Crippen LogP contribution in [0.5, 0.6) is 5.75 Å². The van der Waals surface area contributed by atoms with Gasteiger partial charge in [-0.25, -0.2) is 4.98 Å². The molecule has 2 aromatic heterocycles. The molecule has 5 nitrogen and oxygen atoms in total. The largest absolute Gasteiger partial charge is 0.494 e. The first-order valence-corrected chi connectivity index (χ1v) is 13.0. The normalized spacial score (nSPS) is 11.0. The van der Waals surface area contributed by atoms with Crippen LogP contribution in [0, 0.1) is 0 Å². The summed E-state index contributed by atoms with van der Waals surface area (Å²) in [4.78, 5) is 4.76. The van der Waals surface area contributed by atoms with Crippen molar-refractivity contribution in [2.24, 2.45) is 0 Å². The van der Waals surface area contributed by atoms with E-state index in [1.165, 1.54) is 0 Å². The van der Waals surface area contributed by atoms with Crippen LogP contribution in [-0.2, 0) is 12.3 Å². The van der Waals surface area contributed by atoms with E-state index in [0.29, 0.717) is 17.3 Å². The maximum Gasteiger partial charge on any atom is 0.192 e. The number of thioether (sulfide) groups is 1. The summed E-state index contributed by atoms with van der Waals surface area (Å²) in [6.45, 7) is 7.42. The van der Waals surface area contributed by atoms with E-state index in [-0.39, 0.29) is 0 Å². The van der Waals surface area contributed by atoms with E-state index in [9.17, 15) is 0 Å². The SMILES string of the molecule is C=CCn1c(SCc2csc(-c3ccccc3Cl)n2)nnc1-c1ccc(OCCCC)cc1. The highest BCUT2D eigenvalue weighted by atomic mass is 35.5. The number of ether oxygens (including phenoxy) is 1. The number of nitrogens with zero attached hydrogens (tertiary/aromatic N) is 4. The number of hydrogen-bond acceptors (Lipinski definition) is 6. The number of hydrogen-bond donors (Lipinski definition) is 0. The van der Waals surface area contributed by atoms with E-state index in [0.717, 1.165) is 58.0 Å². The molecule has 0 unspecified atom stereocenters. The lowest BCUT2D eigenvalue weighted by molar-refractivity contribution is 0.309. The van der Waals surface area contributed by atoms with Crippen LogP contribution in [0.4, 0.5) is 0 Å². The zero-order valence-corrected chi connectivity index (χ0v) is 20.8. The standard InChI is InChI=1S/C25H25ClN4OS2/c1-3-5-15-31-20-12-10-18(11-13-20)23-28-29-25(30(23)14-4-2)33-17-19-16-32-24(27-19)21-8-6-7-9-22(21)26/h4,6-13,16H,2-3,5,14-15,17H2,1H3. The van der Waals surface area contributed by atoms with Gasteiger partial charge in [0.2, 0.25) is 0 Å². The molecule has 0 N–H and O–H groups in total. The smallest absolute Gasteiger partial charge is 0.192 e. The molecule has 0 atom stereocenters. The number of rotatable bonds is 11. The van der Waals surface area contributed by atoms with Gasteiger partial charge in [-0.1, -0.05) is 61.0 Å². The van der Waals surface area contributed by atoms with Crippen molar-refractivity contribution in [1.29, 1.82) is 0 Å². The number of benzene rings is 2. The van der Waals surface area contributed by atoms with E-state index < -0.39 is 0 Å². The first-order valence-electron chi connectivity index (χ1n) is 10.8.